The monoisotopic (exact) mass is 367 g/mol. The summed E-state index contributed by atoms with van der Waals surface area (Å²) in [5.74, 6) is 0.853. The number of pyridine rings is 1. The molecule has 0 atom stereocenters. The summed E-state index contributed by atoms with van der Waals surface area (Å²) < 4.78 is 5.36. The van der Waals surface area contributed by atoms with Gasteiger partial charge in [0.25, 0.3) is 0 Å². The van der Waals surface area contributed by atoms with Crippen LogP contribution in [0.1, 0.15) is 26.7 Å². The molecule has 2 aromatic rings. The number of methoxy groups -OCH3 is 1. The Labute approximate surface area is 143 Å². The molecule has 22 heavy (non-hydrogen) atoms. The third-order valence-electron chi connectivity index (χ3n) is 3.77. The number of halogens is 1. The van der Waals surface area contributed by atoms with E-state index in [1.807, 2.05) is 24.4 Å². The van der Waals surface area contributed by atoms with Crippen molar-refractivity contribution in [3.05, 3.63) is 30.5 Å². The molecule has 1 aromatic heterocycles. The van der Waals surface area contributed by atoms with E-state index in [-0.39, 0.29) is 17.0 Å². The molecule has 2 rings (SSSR count). The lowest BCUT2D eigenvalue weighted by Gasteiger charge is -2.16. The number of nitrogens with one attached hydrogen (secondary N) is 2. The molecule has 5 heteroatoms. The molecule has 0 aliphatic carbocycles. The van der Waals surface area contributed by atoms with E-state index in [4.69, 9.17) is 4.74 Å². The van der Waals surface area contributed by atoms with Crippen LogP contribution in [0, 0.1) is 0 Å². The number of hydrogen-bond donors (Lipinski definition) is 2. The van der Waals surface area contributed by atoms with Gasteiger partial charge >= 0.3 is 0 Å². The zero-order chi connectivity index (χ0) is 15.1. The van der Waals surface area contributed by atoms with Crippen LogP contribution in [0.5, 0.6) is 5.75 Å². The molecule has 0 saturated carbocycles. The molecule has 122 valence electrons. The molecular weight excluding hydrogens is 342 g/mol. The van der Waals surface area contributed by atoms with Gasteiger partial charge in [-0.15, -0.1) is 17.0 Å². The maximum atomic E-state index is 5.36. The summed E-state index contributed by atoms with van der Waals surface area (Å²) >= 11 is 0. The van der Waals surface area contributed by atoms with Crippen molar-refractivity contribution in [2.24, 2.45) is 0 Å². The predicted molar refractivity (Wildman–Crippen MR) is 99.5 cm³/mol. The van der Waals surface area contributed by atoms with Gasteiger partial charge < -0.3 is 15.4 Å². The molecule has 0 aliphatic heterocycles. The first-order chi connectivity index (χ1) is 10.3. The van der Waals surface area contributed by atoms with Crippen LogP contribution in [0.25, 0.3) is 10.9 Å². The molecule has 1 aromatic carbocycles. The second-order valence-corrected chi connectivity index (χ2v) is 5.14. The van der Waals surface area contributed by atoms with Crippen molar-refractivity contribution in [3.8, 4) is 5.75 Å². The standard InChI is InChI=1S/C17H25N3O.BrH/c1-4-14(5-2)18-9-10-19-16-12-15(21-3)11-13-7-6-8-20-17(13)16;/h6-8,11-12,14,18-19H,4-5,9-10H2,1-3H3;1H. The van der Waals surface area contributed by atoms with E-state index in [2.05, 4.69) is 35.5 Å². The molecule has 0 saturated heterocycles. The molecule has 4 nitrogen and oxygen atoms in total. The average Bonchev–Trinajstić information content (AvgIpc) is 2.54. The normalized spacial score (nSPS) is 10.5. The largest absolute Gasteiger partial charge is 0.497 e. The lowest BCUT2D eigenvalue weighted by Crippen LogP contribution is -2.32. The van der Waals surface area contributed by atoms with E-state index >= 15 is 0 Å². The van der Waals surface area contributed by atoms with Gasteiger partial charge in [0.15, 0.2) is 0 Å². The van der Waals surface area contributed by atoms with Gasteiger partial charge in [-0.3, -0.25) is 4.98 Å². The number of aromatic nitrogens is 1. The van der Waals surface area contributed by atoms with Gasteiger partial charge in [0, 0.05) is 36.8 Å². The number of nitrogens with zero attached hydrogens (tertiary/aromatic N) is 1. The Kier molecular flexibility index (Phi) is 8.20. The third-order valence-corrected chi connectivity index (χ3v) is 3.77. The second kappa shape index (κ2) is 9.64. The van der Waals surface area contributed by atoms with Gasteiger partial charge in [-0.25, -0.2) is 0 Å². The highest BCUT2D eigenvalue weighted by molar-refractivity contribution is 8.93. The fourth-order valence-corrected chi connectivity index (χ4v) is 2.47. The Morgan fingerprint density at radius 2 is 1.95 bits per heavy atom. The third kappa shape index (κ3) is 4.85. The summed E-state index contributed by atoms with van der Waals surface area (Å²) in [4.78, 5) is 4.46. The first kappa shape index (κ1) is 18.7. The number of ether oxygens (including phenoxy) is 1. The lowest BCUT2D eigenvalue weighted by molar-refractivity contribution is 0.415. The van der Waals surface area contributed by atoms with Crippen molar-refractivity contribution in [2.75, 3.05) is 25.5 Å². The Morgan fingerprint density at radius 1 is 1.18 bits per heavy atom. The second-order valence-electron chi connectivity index (χ2n) is 5.14. The zero-order valence-corrected chi connectivity index (χ0v) is 15.3. The summed E-state index contributed by atoms with van der Waals surface area (Å²) in [6.07, 6.45) is 4.16. The van der Waals surface area contributed by atoms with Crippen molar-refractivity contribution >= 4 is 33.6 Å². The average molecular weight is 368 g/mol. The topological polar surface area (TPSA) is 46.2 Å². The first-order valence-corrected chi connectivity index (χ1v) is 7.68. The number of hydrogen-bond acceptors (Lipinski definition) is 4. The number of rotatable bonds is 8. The summed E-state index contributed by atoms with van der Waals surface area (Å²) in [7, 11) is 1.69. The lowest BCUT2D eigenvalue weighted by atomic mass is 10.1. The molecule has 0 fully saturated rings. The molecule has 0 bridgehead atoms. The van der Waals surface area contributed by atoms with E-state index in [0.717, 1.165) is 35.4 Å². The highest BCUT2D eigenvalue weighted by Crippen LogP contribution is 2.27. The van der Waals surface area contributed by atoms with Gasteiger partial charge in [-0.05, 0) is 25.0 Å². The minimum absolute atomic E-state index is 0. The van der Waals surface area contributed by atoms with Gasteiger partial charge in [0.2, 0.25) is 0 Å². The van der Waals surface area contributed by atoms with Gasteiger partial charge in [0.1, 0.15) is 5.75 Å². The smallest absolute Gasteiger partial charge is 0.121 e. The van der Waals surface area contributed by atoms with Crippen LogP contribution in [0.2, 0.25) is 0 Å². The Morgan fingerprint density at radius 3 is 2.64 bits per heavy atom. The molecule has 0 amide bonds. The van der Waals surface area contributed by atoms with Crippen LogP contribution in [-0.4, -0.2) is 31.2 Å². The highest BCUT2D eigenvalue weighted by atomic mass is 79.9. The molecule has 0 aliphatic rings. The van der Waals surface area contributed by atoms with E-state index in [9.17, 15) is 0 Å². The van der Waals surface area contributed by atoms with E-state index < -0.39 is 0 Å². The van der Waals surface area contributed by atoms with Crippen molar-refractivity contribution in [1.82, 2.24) is 10.3 Å². The van der Waals surface area contributed by atoms with E-state index in [1.54, 1.807) is 7.11 Å². The van der Waals surface area contributed by atoms with Crippen LogP contribution in [0.3, 0.4) is 0 Å². The molecule has 1 heterocycles. The summed E-state index contributed by atoms with van der Waals surface area (Å²) in [6, 6.07) is 8.62. The van der Waals surface area contributed by atoms with Crippen LogP contribution in [0.15, 0.2) is 30.5 Å². The fraction of sp³-hybridized carbons (Fsp3) is 0.471. The molecule has 2 N–H and O–H groups in total. The van der Waals surface area contributed by atoms with Crippen molar-refractivity contribution < 1.29 is 4.74 Å². The highest BCUT2D eigenvalue weighted by Gasteiger charge is 2.06. The van der Waals surface area contributed by atoms with E-state index in [1.165, 1.54) is 12.8 Å². The Balaban J connectivity index is 0.00000242. The van der Waals surface area contributed by atoms with Crippen LogP contribution < -0.4 is 15.4 Å². The van der Waals surface area contributed by atoms with Gasteiger partial charge in [-0.1, -0.05) is 19.9 Å². The summed E-state index contributed by atoms with van der Waals surface area (Å²) in [5.41, 5.74) is 2.01. The molecule has 0 spiro atoms. The van der Waals surface area contributed by atoms with Crippen molar-refractivity contribution in [2.45, 2.75) is 32.7 Å². The van der Waals surface area contributed by atoms with Crippen LogP contribution in [-0.2, 0) is 0 Å². The van der Waals surface area contributed by atoms with Crippen molar-refractivity contribution in [1.29, 1.82) is 0 Å². The van der Waals surface area contributed by atoms with Crippen molar-refractivity contribution in [3.63, 3.8) is 0 Å². The predicted octanol–water partition coefficient (Wildman–Crippen LogP) is 4.01. The zero-order valence-electron chi connectivity index (χ0n) is 13.6. The Bertz CT molecular complexity index is 573. The van der Waals surface area contributed by atoms with Gasteiger partial charge in [-0.2, -0.15) is 0 Å². The first-order valence-electron chi connectivity index (χ1n) is 7.68. The molecular formula is C17H26BrN3O. The summed E-state index contributed by atoms with van der Waals surface area (Å²) in [6.45, 7) is 6.25. The maximum absolute atomic E-state index is 5.36. The fourth-order valence-electron chi connectivity index (χ4n) is 2.47. The molecule has 0 unspecified atom stereocenters. The number of fused-ring (bicyclic) bond motifs is 1. The number of anilines is 1. The van der Waals surface area contributed by atoms with Crippen LogP contribution >= 0.6 is 17.0 Å². The SMILES string of the molecule is Br.CCC(CC)NCCNc1cc(OC)cc2cccnc12. The maximum Gasteiger partial charge on any atom is 0.121 e. The van der Waals surface area contributed by atoms with Gasteiger partial charge in [0.05, 0.1) is 18.3 Å². The van der Waals surface area contributed by atoms with E-state index in [0.29, 0.717) is 6.04 Å². The Hall–Kier alpha value is -1.33. The minimum Gasteiger partial charge on any atom is -0.497 e. The minimum atomic E-state index is 0. The summed E-state index contributed by atoms with van der Waals surface area (Å²) in [5, 5.41) is 8.10. The number of benzene rings is 1. The van der Waals surface area contributed by atoms with Crippen LogP contribution in [0.4, 0.5) is 5.69 Å². The quantitative estimate of drug-likeness (QED) is 0.691. The molecule has 0 radical (unpaired) electrons.